The maximum Gasteiger partial charge on any atom is 0.248 e. The minimum atomic E-state index is -0.457. The van der Waals surface area contributed by atoms with Crippen molar-refractivity contribution in [3.8, 4) is 11.3 Å². The van der Waals surface area contributed by atoms with Gasteiger partial charge >= 0.3 is 0 Å². The SMILES string of the molecule is Cc1ccc(-c2cnc(CCC(=O)NCCc3cccc(C(N)=O)c3)o2)cc1. The first-order valence-electron chi connectivity index (χ1n) is 9.18. The monoisotopic (exact) mass is 377 g/mol. The largest absolute Gasteiger partial charge is 0.441 e. The van der Waals surface area contributed by atoms with Gasteiger partial charge in [-0.1, -0.05) is 42.0 Å². The normalized spacial score (nSPS) is 10.6. The molecule has 0 aliphatic carbocycles. The Morgan fingerprint density at radius 3 is 2.64 bits per heavy atom. The fourth-order valence-electron chi connectivity index (χ4n) is 2.81. The number of carbonyl (C=O) groups is 2. The van der Waals surface area contributed by atoms with E-state index in [1.165, 1.54) is 5.56 Å². The van der Waals surface area contributed by atoms with Gasteiger partial charge in [-0.2, -0.15) is 0 Å². The highest BCUT2D eigenvalue weighted by Gasteiger charge is 2.09. The molecular formula is C22H23N3O3. The van der Waals surface area contributed by atoms with Crippen molar-refractivity contribution in [3.63, 3.8) is 0 Å². The standard InChI is InChI=1S/C22H23N3O3/c1-15-5-7-17(8-6-15)19-14-25-21(28-19)10-9-20(26)24-12-11-16-3-2-4-18(13-16)22(23)27/h2-8,13-14H,9-12H2,1H3,(H2,23,27)(H,24,26). The van der Waals surface area contributed by atoms with Crippen LogP contribution in [0, 0.1) is 6.92 Å². The van der Waals surface area contributed by atoms with E-state index >= 15 is 0 Å². The molecule has 0 spiro atoms. The van der Waals surface area contributed by atoms with Crippen molar-refractivity contribution in [1.82, 2.24) is 10.3 Å². The minimum absolute atomic E-state index is 0.0684. The summed E-state index contributed by atoms with van der Waals surface area (Å²) in [6.45, 7) is 2.52. The van der Waals surface area contributed by atoms with E-state index in [1.54, 1.807) is 24.4 Å². The van der Waals surface area contributed by atoms with Crippen LogP contribution in [0.25, 0.3) is 11.3 Å². The minimum Gasteiger partial charge on any atom is -0.441 e. The van der Waals surface area contributed by atoms with E-state index in [-0.39, 0.29) is 5.91 Å². The molecule has 1 aromatic heterocycles. The smallest absolute Gasteiger partial charge is 0.248 e. The lowest BCUT2D eigenvalue weighted by Crippen LogP contribution is -2.26. The molecule has 0 atom stereocenters. The molecule has 0 fully saturated rings. The Labute approximate surface area is 163 Å². The van der Waals surface area contributed by atoms with Gasteiger partial charge < -0.3 is 15.5 Å². The number of oxazole rings is 1. The van der Waals surface area contributed by atoms with Crippen LogP contribution in [0.2, 0.25) is 0 Å². The molecule has 0 saturated carbocycles. The van der Waals surface area contributed by atoms with E-state index in [0.717, 1.165) is 11.1 Å². The molecule has 0 bridgehead atoms. The lowest BCUT2D eigenvalue weighted by Gasteiger charge is -2.05. The van der Waals surface area contributed by atoms with Crippen LogP contribution in [0.15, 0.2) is 59.1 Å². The maximum atomic E-state index is 12.0. The molecule has 0 aliphatic rings. The summed E-state index contributed by atoms with van der Waals surface area (Å²) in [5.41, 5.74) is 8.84. The highest BCUT2D eigenvalue weighted by Crippen LogP contribution is 2.21. The molecule has 2 amide bonds. The second kappa shape index (κ2) is 8.99. The fourth-order valence-corrected chi connectivity index (χ4v) is 2.81. The number of amides is 2. The first-order chi connectivity index (χ1) is 13.5. The number of aryl methyl sites for hydroxylation is 2. The predicted octanol–water partition coefficient (Wildman–Crippen LogP) is 3.04. The van der Waals surface area contributed by atoms with E-state index in [1.807, 2.05) is 37.3 Å². The van der Waals surface area contributed by atoms with Crippen molar-refractivity contribution in [2.24, 2.45) is 5.73 Å². The quantitative estimate of drug-likeness (QED) is 0.630. The first-order valence-corrected chi connectivity index (χ1v) is 9.18. The van der Waals surface area contributed by atoms with Gasteiger partial charge in [-0.15, -0.1) is 0 Å². The van der Waals surface area contributed by atoms with Gasteiger partial charge in [-0.25, -0.2) is 4.98 Å². The third-order valence-electron chi connectivity index (χ3n) is 4.40. The Morgan fingerprint density at radius 1 is 1.11 bits per heavy atom. The summed E-state index contributed by atoms with van der Waals surface area (Å²) < 4.78 is 5.73. The molecule has 0 radical (unpaired) electrons. The molecule has 1 heterocycles. The highest BCUT2D eigenvalue weighted by atomic mass is 16.4. The number of benzene rings is 2. The number of carbonyl (C=O) groups excluding carboxylic acids is 2. The van der Waals surface area contributed by atoms with Gasteiger partial charge in [0.2, 0.25) is 11.8 Å². The molecule has 3 rings (SSSR count). The maximum absolute atomic E-state index is 12.0. The van der Waals surface area contributed by atoms with Crippen molar-refractivity contribution in [2.45, 2.75) is 26.2 Å². The van der Waals surface area contributed by atoms with Crippen molar-refractivity contribution in [1.29, 1.82) is 0 Å². The van der Waals surface area contributed by atoms with Gasteiger partial charge in [-0.3, -0.25) is 9.59 Å². The van der Waals surface area contributed by atoms with Gasteiger partial charge in [-0.05, 0) is 31.0 Å². The molecular weight excluding hydrogens is 354 g/mol. The molecule has 6 nitrogen and oxygen atoms in total. The average Bonchev–Trinajstić information content (AvgIpc) is 3.16. The van der Waals surface area contributed by atoms with Crippen molar-refractivity contribution in [2.75, 3.05) is 6.54 Å². The van der Waals surface area contributed by atoms with Gasteiger partial charge in [0.25, 0.3) is 0 Å². The second-order valence-corrected chi connectivity index (χ2v) is 6.65. The van der Waals surface area contributed by atoms with Crippen LogP contribution in [0.4, 0.5) is 0 Å². The van der Waals surface area contributed by atoms with E-state index in [4.69, 9.17) is 10.2 Å². The van der Waals surface area contributed by atoms with E-state index in [2.05, 4.69) is 10.3 Å². The van der Waals surface area contributed by atoms with Gasteiger partial charge in [0.05, 0.1) is 6.20 Å². The van der Waals surface area contributed by atoms with Crippen molar-refractivity contribution >= 4 is 11.8 Å². The molecule has 0 aliphatic heterocycles. The Balaban J connectivity index is 1.44. The van der Waals surface area contributed by atoms with Crippen LogP contribution >= 0.6 is 0 Å². The Bertz CT molecular complexity index is 961. The number of primary amides is 1. The summed E-state index contributed by atoms with van der Waals surface area (Å²) in [6, 6.07) is 15.1. The number of nitrogens with zero attached hydrogens (tertiary/aromatic N) is 1. The number of nitrogens with two attached hydrogens (primary N) is 1. The van der Waals surface area contributed by atoms with Gasteiger partial charge in [0.1, 0.15) is 0 Å². The lowest BCUT2D eigenvalue weighted by atomic mass is 10.1. The summed E-state index contributed by atoms with van der Waals surface area (Å²) in [5, 5.41) is 2.87. The van der Waals surface area contributed by atoms with Gasteiger partial charge in [0.15, 0.2) is 11.7 Å². The van der Waals surface area contributed by atoms with Crippen LogP contribution < -0.4 is 11.1 Å². The van der Waals surface area contributed by atoms with Crippen molar-refractivity contribution < 1.29 is 14.0 Å². The zero-order valence-corrected chi connectivity index (χ0v) is 15.8. The summed E-state index contributed by atoms with van der Waals surface area (Å²) >= 11 is 0. The molecule has 0 unspecified atom stereocenters. The summed E-state index contributed by atoms with van der Waals surface area (Å²) in [6.07, 6.45) is 3.05. The van der Waals surface area contributed by atoms with Crippen LogP contribution in [0.3, 0.4) is 0 Å². The molecule has 2 aromatic carbocycles. The van der Waals surface area contributed by atoms with Crippen LogP contribution in [-0.2, 0) is 17.6 Å². The number of rotatable bonds is 8. The number of hydrogen-bond donors (Lipinski definition) is 2. The summed E-state index contributed by atoms with van der Waals surface area (Å²) in [5.74, 6) is 0.715. The summed E-state index contributed by atoms with van der Waals surface area (Å²) in [7, 11) is 0. The third kappa shape index (κ3) is 5.30. The Morgan fingerprint density at radius 2 is 1.89 bits per heavy atom. The highest BCUT2D eigenvalue weighted by molar-refractivity contribution is 5.92. The zero-order chi connectivity index (χ0) is 19.9. The van der Waals surface area contributed by atoms with Crippen LogP contribution in [0.5, 0.6) is 0 Å². The van der Waals surface area contributed by atoms with Crippen LogP contribution in [-0.4, -0.2) is 23.3 Å². The molecule has 144 valence electrons. The first kappa shape index (κ1) is 19.4. The van der Waals surface area contributed by atoms with Crippen molar-refractivity contribution in [3.05, 3.63) is 77.3 Å². The lowest BCUT2D eigenvalue weighted by molar-refractivity contribution is -0.121. The molecule has 6 heteroatoms. The van der Waals surface area contributed by atoms with Crippen LogP contribution in [0.1, 0.15) is 33.8 Å². The number of nitrogens with one attached hydrogen (secondary N) is 1. The van der Waals surface area contributed by atoms with Gasteiger partial charge in [0, 0.05) is 30.5 Å². The number of hydrogen-bond acceptors (Lipinski definition) is 4. The van der Waals surface area contributed by atoms with E-state index in [9.17, 15) is 9.59 Å². The molecule has 28 heavy (non-hydrogen) atoms. The average molecular weight is 377 g/mol. The van der Waals surface area contributed by atoms with E-state index < -0.39 is 5.91 Å². The van der Waals surface area contributed by atoms with E-state index in [0.29, 0.717) is 43.0 Å². The molecule has 3 N–H and O–H groups in total. The third-order valence-corrected chi connectivity index (χ3v) is 4.40. The summed E-state index contributed by atoms with van der Waals surface area (Å²) in [4.78, 5) is 27.5. The second-order valence-electron chi connectivity index (χ2n) is 6.65. The molecule has 0 saturated heterocycles. The number of aromatic nitrogens is 1. The predicted molar refractivity (Wildman–Crippen MR) is 107 cm³/mol. The fraction of sp³-hybridized carbons (Fsp3) is 0.227. The molecule has 3 aromatic rings. The zero-order valence-electron chi connectivity index (χ0n) is 15.8. The Kier molecular flexibility index (Phi) is 6.22. The Hall–Kier alpha value is -3.41. The topological polar surface area (TPSA) is 98.2 Å².